The Kier molecular flexibility index (Phi) is 8.57. The molecule has 0 N–H and O–H groups in total. The normalized spacial score (nSPS) is 18.2. The summed E-state index contributed by atoms with van der Waals surface area (Å²) in [7, 11) is 1.87. The molecule has 0 bridgehead atoms. The second-order valence-electron chi connectivity index (χ2n) is 12.1. The molecule has 0 saturated carbocycles. The molecule has 0 unspecified atom stereocenters. The van der Waals surface area contributed by atoms with Gasteiger partial charge < -0.3 is 28.6 Å². The van der Waals surface area contributed by atoms with Gasteiger partial charge >= 0.3 is 12.1 Å². The van der Waals surface area contributed by atoms with Crippen LogP contribution in [-0.4, -0.2) is 72.8 Å². The Morgan fingerprint density at radius 3 is 2.53 bits per heavy atom. The highest BCUT2D eigenvalue weighted by atomic mass is 19.4. The number of hydrogen-bond acceptors (Lipinski definition) is 8. The molecule has 1 aromatic heterocycles. The van der Waals surface area contributed by atoms with Crippen molar-refractivity contribution in [2.45, 2.75) is 44.3 Å². The lowest BCUT2D eigenvalue weighted by Crippen LogP contribution is -2.49. The Labute approximate surface area is 259 Å². The van der Waals surface area contributed by atoms with Crippen molar-refractivity contribution in [2.24, 2.45) is 13.0 Å². The van der Waals surface area contributed by atoms with Crippen LogP contribution in [0.4, 0.5) is 24.5 Å². The maximum Gasteiger partial charge on any atom is 0.416 e. The van der Waals surface area contributed by atoms with Crippen LogP contribution in [0.25, 0.3) is 0 Å². The molecule has 3 aliphatic heterocycles. The van der Waals surface area contributed by atoms with Gasteiger partial charge in [-0.15, -0.1) is 10.2 Å². The number of carbonyl (C=O) groups excluding carboxylic acids is 2. The standard InChI is InChI=1S/C32H36F3N5O5/c1-21(41)45-11-10-43-17-22-6-8-39(9-7-22)25-13-26-27(28(14-25)32(33,34)35)16-40(30(26)42)24-5-3-4-23(12-24)31(18-44-19-31)15-29-37-36-20-38(29)2/h3-5,12-14,20,22H,6-11,15-19H2,1-2H3. The molecular weight excluding hydrogens is 591 g/mol. The van der Waals surface area contributed by atoms with E-state index in [-0.39, 0.29) is 41.6 Å². The monoisotopic (exact) mass is 627 g/mol. The first-order valence-electron chi connectivity index (χ1n) is 15.1. The van der Waals surface area contributed by atoms with Gasteiger partial charge in [0.05, 0.1) is 31.9 Å². The number of anilines is 2. The van der Waals surface area contributed by atoms with Crippen LogP contribution in [-0.2, 0) is 50.6 Å². The van der Waals surface area contributed by atoms with Gasteiger partial charge in [0.15, 0.2) is 0 Å². The summed E-state index contributed by atoms with van der Waals surface area (Å²) in [6.07, 6.45) is -0.925. The average molecular weight is 628 g/mol. The summed E-state index contributed by atoms with van der Waals surface area (Å²) in [5.41, 5.74) is 0.823. The van der Waals surface area contributed by atoms with Crippen molar-refractivity contribution in [3.63, 3.8) is 0 Å². The average Bonchev–Trinajstić information content (AvgIpc) is 3.55. The van der Waals surface area contributed by atoms with Gasteiger partial charge in [0.25, 0.3) is 5.91 Å². The van der Waals surface area contributed by atoms with Crippen LogP contribution < -0.4 is 9.80 Å². The molecule has 4 heterocycles. The number of aryl methyl sites for hydroxylation is 1. The maximum atomic E-state index is 14.4. The number of amides is 1. The Morgan fingerprint density at radius 1 is 1.11 bits per heavy atom. The number of hydrogen-bond donors (Lipinski definition) is 0. The Balaban J connectivity index is 1.19. The van der Waals surface area contributed by atoms with Crippen molar-refractivity contribution in [3.8, 4) is 0 Å². The predicted octanol–water partition coefficient (Wildman–Crippen LogP) is 4.30. The topological polar surface area (TPSA) is 99.0 Å². The zero-order valence-corrected chi connectivity index (χ0v) is 25.3. The van der Waals surface area contributed by atoms with Crippen LogP contribution in [0.1, 0.15) is 52.6 Å². The molecule has 1 amide bonds. The third-order valence-electron chi connectivity index (χ3n) is 9.03. The second-order valence-corrected chi connectivity index (χ2v) is 12.1. The lowest BCUT2D eigenvalue weighted by molar-refractivity contribution is -0.142. The van der Waals surface area contributed by atoms with Crippen LogP contribution in [0, 0.1) is 5.92 Å². The van der Waals surface area contributed by atoms with E-state index in [1.807, 2.05) is 34.7 Å². The highest BCUT2D eigenvalue weighted by Crippen LogP contribution is 2.43. The Morgan fingerprint density at radius 2 is 1.89 bits per heavy atom. The summed E-state index contributed by atoms with van der Waals surface area (Å²) in [6.45, 7) is 4.19. The molecule has 10 nitrogen and oxygen atoms in total. The minimum absolute atomic E-state index is 0.00139. The lowest BCUT2D eigenvalue weighted by atomic mass is 9.75. The lowest BCUT2D eigenvalue weighted by Gasteiger charge is -2.42. The van der Waals surface area contributed by atoms with Crippen molar-refractivity contribution in [1.82, 2.24) is 14.8 Å². The van der Waals surface area contributed by atoms with Crippen LogP contribution in [0.5, 0.6) is 0 Å². The molecule has 0 atom stereocenters. The van der Waals surface area contributed by atoms with E-state index in [1.54, 1.807) is 18.5 Å². The number of rotatable bonds is 10. The summed E-state index contributed by atoms with van der Waals surface area (Å²) in [6, 6.07) is 10.2. The summed E-state index contributed by atoms with van der Waals surface area (Å²) < 4.78 is 61.2. The molecular formula is C32H36F3N5O5. The minimum atomic E-state index is -4.62. The summed E-state index contributed by atoms with van der Waals surface area (Å²) in [4.78, 5) is 28.0. The number of aromatic nitrogens is 3. The first kappa shape index (κ1) is 31.0. The third-order valence-corrected chi connectivity index (χ3v) is 9.03. The fourth-order valence-electron chi connectivity index (χ4n) is 6.38. The second kappa shape index (κ2) is 12.4. The molecule has 2 saturated heterocycles. The van der Waals surface area contributed by atoms with Crippen molar-refractivity contribution >= 4 is 23.3 Å². The first-order valence-corrected chi connectivity index (χ1v) is 15.1. The van der Waals surface area contributed by atoms with Crippen LogP contribution >= 0.6 is 0 Å². The van der Waals surface area contributed by atoms with Gasteiger partial charge in [-0.1, -0.05) is 12.1 Å². The smallest absolute Gasteiger partial charge is 0.416 e. The number of benzene rings is 2. The highest BCUT2D eigenvalue weighted by molar-refractivity contribution is 6.11. The van der Waals surface area contributed by atoms with Gasteiger partial charge in [-0.25, -0.2) is 0 Å². The number of piperidine rings is 1. The van der Waals surface area contributed by atoms with Crippen molar-refractivity contribution in [3.05, 3.63) is 70.8 Å². The molecule has 3 aliphatic rings. The molecule has 45 heavy (non-hydrogen) atoms. The fourth-order valence-corrected chi connectivity index (χ4v) is 6.38. The number of ether oxygens (including phenoxy) is 3. The van der Waals surface area contributed by atoms with E-state index in [0.717, 1.165) is 24.2 Å². The first-order chi connectivity index (χ1) is 21.5. The molecule has 2 fully saturated rings. The predicted molar refractivity (Wildman–Crippen MR) is 158 cm³/mol. The van der Waals surface area contributed by atoms with Crippen LogP contribution in [0.15, 0.2) is 42.7 Å². The largest absolute Gasteiger partial charge is 0.463 e. The summed E-state index contributed by atoms with van der Waals surface area (Å²) in [5, 5.41) is 8.19. The van der Waals surface area contributed by atoms with Crippen LogP contribution in [0.2, 0.25) is 0 Å². The number of alkyl halides is 3. The van der Waals surface area contributed by atoms with Crippen molar-refractivity contribution in [1.29, 1.82) is 0 Å². The molecule has 240 valence electrons. The Hall–Kier alpha value is -3.97. The fraction of sp³-hybridized carbons (Fsp3) is 0.500. The summed E-state index contributed by atoms with van der Waals surface area (Å²) >= 11 is 0. The molecule has 0 aliphatic carbocycles. The molecule has 0 spiro atoms. The van der Waals surface area contributed by atoms with E-state index in [2.05, 4.69) is 10.2 Å². The molecule has 6 rings (SSSR count). The number of nitrogens with zero attached hydrogens (tertiary/aromatic N) is 5. The maximum absolute atomic E-state index is 14.4. The molecule has 3 aromatic rings. The van der Waals surface area contributed by atoms with Gasteiger partial charge in [0.1, 0.15) is 18.8 Å². The highest BCUT2D eigenvalue weighted by Gasteiger charge is 2.44. The van der Waals surface area contributed by atoms with Crippen molar-refractivity contribution in [2.75, 3.05) is 55.9 Å². The zero-order chi connectivity index (χ0) is 31.8. The number of carbonyl (C=O) groups is 2. The molecule has 0 radical (unpaired) electrons. The third kappa shape index (κ3) is 6.41. The van der Waals surface area contributed by atoms with Gasteiger partial charge in [-0.05, 0) is 54.2 Å². The van der Waals surface area contributed by atoms with E-state index < -0.39 is 17.6 Å². The van der Waals surface area contributed by atoms with E-state index >= 15 is 0 Å². The van der Waals surface area contributed by atoms with Gasteiger partial charge in [-0.3, -0.25) is 9.59 Å². The zero-order valence-electron chi connectivity index (χ0n) is 25.3. The SMILES string of the molecule is CC(=O)OCCOCC1CCN(c2cc3c(c(C(F)(F)F)c2)CN(c2cccc(C4(Cc5nncn5C)COC4)c2)C3=O)CC1. The number of fused-ring (bicyclic) bond motifs is 1. The van der Waals surface area contributed by atoms with Gasteiger partial charge in [0, 0.05) is 62.4 Å². The van der Waals surface area contributed by atoms with E-state index in [4.69, 9.17) is 14.2 Å². The van der Waals surface area contributed by atoms with Crippen molar-refractivity contribution < 1.29 is 37.0 Å². The number of esters is 1. The quantitative estimate of drug-likeness (QED) is 0.243. The van der Waals surface area contributed by atoms with Crippen LogP contribution in [0.3, 0.4) is 0 Å². The minimum Gasteiger partial charge on any atom is -0.463 e. The van der Waals surface area contributed by atoms with Gasteiger partial charge in [-0.2, -0.15) is 13.2 Å². The molecule has 2 aromatic carbocycles. The van der Waals surface area contributed by atoms with E-state index in [9.17, 15) is 22.8 Å². The number of halogens is 3. The summed E-state index contributed by atoms with van der Waals surface area (Å²) in [5.74, 6) is 0.239. The van der Waals surface area contributed by atoms with Gasteiger partial charge in [0.2, 0.25) is 0 Å². The Bertz CT molecular complexity index is 1560. The molecule has 13 heteroatoms. The van der Waals surface area contributed by atoms with E-state index in [1.165, 1.54) is 17.9 Å². The van der Waals surface area contributed by atoms with E-state index in [0.29, 0.717) is 57.3 Å².